The lowest BCUT2D eigenvalue weighted by Gasteiger charge is -2.18. The Bertz CT molecular complexity index is 481. The van der Waals surface area contributed by atoms with Crippen LogP contribution in [0.4, 0.5) is 0 Å². The normalized spacial score (nSPS) is 14.2. The van der Waals surface area contributed by atoms with Gasteiger partial charge in [0.05, 0.1) is 5.51 Å². The van der Waals surface area contributed by atoms with Crippen LogP contribution in [-0.4, -0.2) is 16.1 Å². The zero-order valence-corrected chi connectivity index (χ0v) is 12.2. The van der Waals surface area contributed by atoms with Crippen molar-refractivity contribution >= 4 is 11.3 Å². The molecule has 0 amide bonds. The van der Waals surface area contributed by atoms with Gasteiger partial charge in [-0.25, -0.2) is 0 Å². The van der Waals surface area contributed by atoms with Crippen LogP contribution in [0.15, 0.2) is 36.0 Å². The van der Waals surface area contributed by atoms with Crippen molar-refractivity contribution in [1.29, 1.82) is 0 Å². The van der Waals surface area contributed by atoms with Gasteiger partial charge in [-0.05, 0) is 44.4 Å². The molecule has 1 aromatic heterocycles. The van der Waals surface area contributed by atoms with Crippen LogP contribution in [0.2, 0.25) is 0 Å². The molecule has 1 aromatic carbocycles. The Morgan fingerprint density at radius 3 is 2.63 bits per heavy atom. The number of nitrogens with zero attached hydrogens (tertiary/aromatic N) is 1. The highest BCUT2D eigenvalue weighted by atomic mass is 32.1. The molecule has 0 bridgehead atoms. The first kappa shape index (κ1) is 14.0. The minimum Gasteiger partial charge on any atom is -0.508 e. The van der Waals surface area contributed by atoms with Gasteiger partial charge in [0.15, 0.2) is 0 Å². The molecule has 0 saturated carbocycles. The number of aryl methyl sites for hydroxylation is 1. The summed E-state index contributed by atoms with van der Waals surface area (Å²) in [6.45, 7) is 4.38. The summed E-state index contributed by atoms with van der Waals surface area (Å²) >= 11 is 1.69. The molecule has 0 radical (unpaired) electrons. The molecule has 0 aliphatic rings. The molecule has 2 rings (SSSR count). The molecule has 102 valence electrons. The van der Waals surface area contributed by atoms with Gasteiger partial charge in [0.25, 0.3) is 0 Å². The molecule has 3 nitrogen and oxygen atoms in total. The number of phenols is 1. The van der Waals surface area contributed by atoms with Gasteiger partial charge in [-0.3, -0.25) is 4.98 Å². The van der Waals surface area contributed by atoms with E-state index in [0.717, 1.165) is 12.8 Å². The second-order valence-corrected chi connectivity index (χ2v) is 5.82. The van der Waals surface area contributed by atoms with Crippen LogP contribution in [0.3, 0.4) is 0 Å². The summed E-state index contributed by atoms with van der Waals surface area (Å²) in [7, 11) is 0. The largest absolute Gasteiger partial charge is 0.508 e. The molecule has 0 fully saturated rings. The zero-order chi connectivity index (χ0) is 13.7. The van der Waals surface area contributed by atoms with E-state index in [-0.39, 0.29) is 0 Å². The topological polar surface area (TPSA) is 45.1 Å². The van der Waals surface area contributed by atoms with Crippen molar-refractivity contribution in [3.63, 3.8) is 0 Å². The van der Waals surface area contributed by atoms with Crippen molar-refractivity contribution in [2.45, 2.75) is 38.8 Å². The smallest absolute Gasteiger partial charge is 0.115 e. The van der Waals surface area contributed by atoms with E-state index in [1.807, 2.05) is 23.8 Å². The first-order chi connectivity index (χ1) is 9.15. The first-order valence-corrected chi connectivity index (χ1v) is 7.45. The maximum absolute atomic E-state index is 9.24. The maximum atomic E-state index is 9.24. The van der Waals surface area contributed by atoms with Crippen LogP contribution < -0.4 is 5.32 Å². The number of hydrogen-bond acceptors (Lipinski definition) is 4. The lowest BCUT2D eigenvalue weighted by atomic mass is 10.1. The molecular weight excluding hydrogens is 256 g/mol. The third-order valence-electron chi connectivity index (χ3n) is 3.22. The van der Waals surface area contributed by atoms with Gasteiger partial charge >= 0.3 is 0 Å². The van der Waals surface area contributed by atoms with Crippen molar-refractivity contribution in [2.75, 3.05) is 0 Å². The Morgan fingerprint density at radius 1 is 1.26 bits per heavy atom. The quantitative estimate of drug-likeness (QED) is 0.848. The Hall–Kier alpha value is -1.39. The summed E-state index contributed by atoms with van der Waals surface area (Å²) in [5.41, 5.74) is 3.13. The number of hydrogen-bond donors (Lipinski definition) is 2. The molecule has 19 heavy (non-hydrogen) atoms. The van der Waals surface area contributed by atoms with Crippen molar-refractivity contribution < 1.29 is 5.11 Å². The Labute approximate surface area is 118 Å². The Balaban J connectivity index is 1.78. The minimum absolute atomic E-state index is 0.328. The average Bonchev–Trinajstić information content (AvgIpc) is 2.92. The summed E-state index contributed by atoms with van der Waals surface area (Å²) in [6, 6.07) is 8.25. The lowest BCUT2D eigenvalue weighted by molar-refractivity contribution is 0.459. The number of nitrogens with one attached hydrogen (secondary N) is 1. The maximum Gasteiger partial charge on any atom is 0.115 e. The summed E-state index contributed by atoms with van der Waals surface area (Å²) < 4.78 is 0. The van der Waals surface area contributed by atoms with Crippen LogP contribution >= 0.6 is 11.3 Å². The molecule has 1 heterocycles. The fourth-order valence-corrected chi connectivity index (χ4v) is 2.71. The molecule has 0 spiro atoms. The minimum atomic E-state index is 0.328. The molecule has 2 N–H and O–H groups in total. The predicted octanol–water partition coefficient (Wildman–Crippen LogP) is 3.52. The molecule has 2 aromatic rings. The predicted molar refractivity (Wildman–Crippen MR) is 79.6 cm³/mol. The van der Waals surface area contributed by atoms with Crippen molar-refractivity contribution in [3.05, 3.63) is 46.4 Å². The van der Waals surface area contributed by atoms with E-state index in [4.69, 9.17) is 0 Å². The number of aromatic nitrogens is 1. The molecule has 2 unspecified atom stereocenters. The van der Waals surface area contributed by atoms with E-state index in [1.165, 1.54) is 10.4 Å². The van der Waals surface area contributed by atoms with Gasteiger partial charge in [-0.15, -0.1) is 11.3 Å². The van der Waals surface area contributed by atoms with Gasteiger partial charge in [-0.2, -0.15) is 0 Å². The van der Waals surface area contributed by atoms with Crippen LogP contribution in [0.25, 0.3) is 0 Å². The van der Waals surface area contributed by atoms with E-state index < -0.39 is 0 Å². The van der Waals surface area contributed by atoms with E-state index >= 15 is 0 Å². The molecule has 0 aliphatic heterocycles. The highest BCUT2D eigenvalue weighted by Gasteiger charge is 2.10. The van der Waals surface area contributed by atoms with Crippen molar-refractivity contribution in [2.24, 2.45) is 0 Å². The number of rotatable bonds is 6. The number of thiazole rings is 1. The van der Waals surface area contributed by atoms with E-state index in [0.29, 0.717) is 17.8 Å². The van der Waals surface area contributed by atoms with Crippen molar-refractivity contribution in [1.82, 2.24) is 10.3 Å². The van der Waals surface area contributed by atoms with Gasteiger partial charge in [0.2, 0.25) is 0 Å². The fraction of sp³-hybridized carbons (Fsp3) is 0.400. The summed E-state index contributed by atoms with van der Waals surface area (Å²) in [4.78, 5) is 5.38. The molecule has 2 atom stereocenters. The number of phenolic OH excluding ortho intramolecular Hbond substituents is 1. The monoisotopic (exact) mass is 276 g/mol. The highest BCUT2D eigenvalue weighted by Crippen LogP contribution is 2.18. The SMILES string of the molecule is CC(CCc1ccc(O)cc1)NC(C)c1cncs1. The van der Waals surface area contributed by atoms with Gasteiger partial charge < -0.3 is 10.4 Å². The molecule has 0 aliphatic carbocycles. The van der Waals surface area contributed by atoms with Crippen molar-refractivity contribution in [3.8, 4) is 5.75 Å². The Kier molecular flexibility index (Phi) is 4.93. The highest BCUT2D eigenvalue weighted by molar-refractivity contribution is 7.09. The number of aromatic hydroxyl groups is 1. The number of benzene rings is 1. The van der Waals surface area contributed by atoms with Crippen LogP contribution in [0.5, 0.6) is 5.75 Å². The Morgan fingerprint density at radius 2 is 2.00 bits per heavy atom. The fourth-order valence-electron chi connectivity index (χ4n) is 2.08. The van der Waals surface area contributed by atoms with Gasteiger partial charge in [0, 0.05) is 23.2 Å². The zero-order valence-electron chi connectivity index (χ0n) is 11.3. The molecule has 0 saturated heterocycles. The first-order valence-electron chi connectivity index (χ1n) is 6.57. The van der Waals surface area contributed by atoms with E-state index in [9.17, 15) is 5.11 Å². The second kappa shape index (κ2) is 6.68. The van der Waals surface area contributed by atoms with Gasteiger partial charge in [0.1, 0.15) is 5.75 Å². The standard InChI is InChI=1S/C15H20N2OS/c1-11(17-12(2)15-9-16-10-19-15)3-4-13-5-7-14(18)8-6-13/h5-12,17-18H,3-4H2,1-2H3. The van der Waals surface area contributed by atoms with Gasteiger partial charge in [-0.1, -0.05) is 12.1 Å². The van der Waals surface area contributed by atoms with Crippen LogP contribution in [0, 0.1) is 0 Å². The average molecular weight is 276 g/mol. The molecular formula is C15H20N2OS. The van der Waals surface area contributed by atoms with Crippen LogP contribution in [-0.2, 0) is 6.42 Å². The molecule has 4 heteroatoms. The summed E-state index contributed by atoms with van der Waals surface area (Å²) in [5.74, 6) is 0.328. The lowest BCUT2D eigenvalue weighted by Crippen LogP contribution is -2.28. The summed E-state index contributed by atoms with van der Waals surface area (Å²) in [6.07, 6.45) is 4.02. The third kappa shape index (κ3) is 4.33. The summed E-state index contributed by atoms with van der Waals surface area (Å²) in [5, 5.41) is 12.8. The third-order valence-corrected chi connectivity index (χ3v) is 4.17. The van der Waals surface area contributed by atoms with E-state index in [2.05, 4.69) is 24.1 Å². The van der Waals surface area contributed by atoms with E-state index in [1.54, 1.807) is 23.5 Å². The van der Waals surface area contributed by atoms with Crippen LogP contribution in [0.1, 0.15) is 36.8 Å². The second-order valence-electron chi connectivity index (χ2n) is 4.90.